The van der Waals surface area contributed by atoms with Crippen molar-refractivity contribution in [3.63, 3.8) is 0 Å². The van der Waals surface area contributed by atoms with E-state index >= 15 is 0 Å². The number of halogens is 1. The van der Waals surface area contributed by atoms with E-state index in [1.807, 2.05) is 13.8 Å². The highest BCUT2D eigenvalue weighted by Crippen LogP contribution is 2.30. The first kappa shape index (κ1) is 17.8. The minimum Gasteiger partial charge on any atom is -0.489 e. The molecule has 0 aromatic heterocycles. The molecule has 6 heteroatoms. The highest BCUT2D eigenvalue weighted by atomic mass is 35.5. The van der Waals surface area contributed by atoms with E-state index in [2.05, 4.69) is 11.6 Å². The minimum atomic E-state index is -1.13. The highest BCUT2D eigenvalue weighted by Gasteiger charge is 2.10. The second kappa shape index (κ2) is 8.24. The summed E-state index contributed by atoms with van der Waals surface area (Å²) in [5.41, 5.74) is 6.17. The largest absolute Gasteiger partial charge is 0.489 e. The van der Waals surface area contributed by atoms with Crippen LogP contribution in [0.3, 0.4) is 0 Å². The SMILES string of the molecule is C=C(/C=C(\N=CN)c1ccc(O[C@H](C)CC)c(Cl)c1)C(=O)O. The second-order valence-corrected chi connectivity index (χ2v) is 5.03. The lowest BCUT2D eigenvalue weighted by molar-refractivity contribution is -0.132. The fourth-order valence-corrected chi connectivity index (χ4v) is 1.78. The van der Waals surface area contributed by atoms with Crippen LogP contribution in [0.5, 0.6) is 5.75 Å². The van der Waals surface area contributed by atoms with Gasteiger partial charge in [0, 0.05) is 5.56 Å². The lowest BCUT2D eigenvalue weighted by Crippen LogP contribution is -2.10. The maximum Gasteiger partial charge on any atom is 0.335 e. The molecular weight excluding hydrogens is 304 g/mol. The molecule has 1 aromatic rings. The first-order chi connectivity index (χ1) is 10.4. The highest BCUT2D eigenvalue weighted by molar-refractivity contribution is 6.32. The molecule has 0 saturated heterocycles. The number of benzene rings is 1. The topological polar surface area (TPSA) is 84.9 Å². The normalized spacial score (nSPS) is 13.1. The van der Waals surface area contributed by atoms with Gasteiger partial charge in [-0.3, -0.25) is 0 Å². The summed E-state index contributed by atoms with van der Waals surface area (Å²) in [6.07, 6.45) is 3.32. The number of carboxylic acids is 1. The fourth-order valence-electron chi connectivity index (χ4n) is 1.56. The summed E-state index contributed by atoms with van der Waals surface area (Å²) >= 11 is 6.20. The summed E-state index contributed by atoms with van der Waals surface area (Å²) in [5.74, 6) is -0.569. The molecule has 118 valence electrons. The third-order valence-electron chi connectivity index (χ3n) is 2.93. The van der Waals surface area contributed by atoms with Crippen LogP contribution in [0, 0.1) is 0 Å². The van der Waals surface area contributed by atoms with Crippen LogP contribution in [-0.2, 0) is 4.79 Å². The number of nitrogens with zero attached hydrogens (tertiary/aromatic N) is 1. The number of rotatable bonds is 7. The fraction of sp³-hybridized carbons (Fsp3) is 0.250. The minimum absolute atomic E-state index is 0.0483. The maximum absolute atomic E-state index is 10.9. The van der Waals surface area contributed by atoms with E-state index in [1.54, 1.807) is 18.2 Å². The predicted molar refractivity (Wildman–Crippen MR) is 89.3 cm³/mol. The van der Waals surface area contributed by atoms with Crippen molar-refractivity contribution in [3.8, 4) is 5.75 Å². The molecule has 5 nitrogen and oxygen atoms in total. The zero-order valence-corrected chi connectivity index (χ0v) is 13.3. The molecule has 0 radical (unpaired) electrons. The van der Waals surface area contributed by atoms with Crippen LogP contribution in [0.25, 0.3) is 5.70 Å². The van der Waals surface area contributed by atoms with Gasteiger partial charge in [0.1, 0.15) is 5.75 Å². The van der Waals surface area contributed by atoms with Gasteiger partial charge in [0.05, 0.1) is 28.7 Å². The monoisotopic (exact) mass is 322 g/mol. The van der Waals surface area contributed by atoms with E-state index in [-0.39, 0.29) is 11.7 Å². The van der Waals surface area contributed by atoms with E-state index in [9.17, 15) is 4.79 Å². The third-order valence-corrected chi connectivity index (χ3v) is 3.23. The number of nitrogens with two attached hydrogens (primary N) is 1. The Labute approximate surface area is 134 Å². The molecule has 1 atom stereocenters. The average molecular weight is 323 g/mol. The second-order valence-electron chi connectivity index (χ2n) is 4.62. The van der Waals surface area contributed by atoms with Crippen molar-refractivity contribution >= 4 is 29.6 Å². The Morgan fingerprint density at radius 1 is 1.59 bits per heavy atom. The summed E-state index contributed by atoms with van der Waals surface area (Å²) in [5, 5.41) is 9.31. The molecule has 0 amide bonds. The van der Waals surface area contributed by atoms with Crippen LogP contribution >= 0.6 is 11.6 Å². The smallest absolute Gasteiger partial charge is 0.335 e. The maximum atomic E-state index is 10.9. The van der Waals surface area contributed by atoms with Crippen LogP contribution in [0.1, 0.15) is 25.8 Å². The van der Waals surface area contributed by atoms with E-state index in [0.29, 0.717) is 22.0 Å². The number of aliphatic imine (C=N–C) groups is 1. The Morgan fingerprint density at radius 3 is 2.77 bits per heavy atom. The Hall–Kier alpha value is -2.27. The van der Waals surface area contributed by atoms with Crippen molar-refractivity contribution in [1.82, 2.24) is 0 Å². The molecule has 0 unspecified atom stereocenters. The lowest BCUT2D eigenvalue weighted by atomic mass is 10.1. The Balaban J connectivity index is 3.15. The molecule has 1 aromatic carbocycles. The quantitative estimate of drug-likeness (QED) is 0.348. The Bertz CT molecular complexity index is 624. The average Bonchev–Trinajstić information content (AvgIpc) is 2.48. The van der Waals surface area contributed by atoms with Crippen molar-refractivity contribution in [2.45, 2.75) is 26.4 Å². The number of hydrogen-bond donors (Lipinski definition) is 2. The number of ether oxygens (including phenoxy) is 1. The molecule has 0 fully saturated rings. The van der Waals surface area contributed by atoms with Gasteiger partial charge in [-0.25, -0.2) is 9.79 Å². The predicted octanol–water partition coefficient (Wildman–Crippen LogP) is 3.49. The first-order valence-electron chi connectivity index (χ1n) is 6.73. The first-order valence-corrected chi connectivity index (χ1v) is 7.11. The molecule has 3 N–H and O–H groups in total. The summed E-state index contributed by atoms with van der Waals surface area (Å²) in [6, 6.07) is 5.10. The standard InChI is InChI=1S/C16H19ClN2O3/c1-4-11(3)22-15-6-5-12(8-13(15)17)14(19-9-18)7-10(2)16(20)21/h5-9,11H,2,4H2,1,3H3,(H2,18,19)(H,20,21)/b14-7-/t11-/m1/s1. The summed E-state index contributed by atoms with van der Waals surface area (Å²) in [7, 11) is 0. The van der Waals surface area contributed by atoms with E-state index in [0.717, 1.165) is 12.8 Å². The molecule has 0 saturated carbocycles. The molecular formula is C16H19ClN2O3. The van der Waals surface area contributed by atoms with Gasteiger partial charge in [-0.1, -0.05) is 25.1 Å². The molecule has 0 aliphatic heterocycles. The Kier molecular flexibility index (Phi) is 6.66. The van der Waals surface area contributed by atoms with Crippen LogP contribution in [-0.4, -0.2) is 23.5 Å². The summed E-state index contributed by atoms with van der Waals surface area (Å²) < 4.78 is 5.68. The van der Waals surface area contributed by atoms with Crippen LogP contribution in [0.4, 0.5) is 0 Å². The van der Waals surface area contributed by atoms with Gasteiger partial charge < -0.3 is 15.6 Å². The number of aliphatic carboxylic acids is 1. The number of hydrogen-bond acceptors (Lipinski definition) is 3. The molecule has 0 aliphatic rings. The van der Waals surface area contributed by atoms with Gasteiger partial charge in [0.15, 0.2) is 0 Å². The van der Waals surface area contributed by atoms with Crippen molar-refractivity contribution < 1.29 is 14.6 Å². The lowest BCUT2D eigenvalue weighted by Gasteiger charge is -2.14. The molecule has 1 rings (SSSR count). The molecule has 0 aliphatic carbocycles. The van der Waals surface area contributed by atoms with Crippen LogP contribution < -0.4 is 10.5 Å². The van der Waals surface area contributed by atoms with Gasteiger partial charge in [0.25, 0.3) is 0 Å². The van der Waals surface area contributed by atoms with Crippen molar-refractivity contribution in [2.24, 2.45) is 10.7 Å². The third kappa shape index (κ3) is 4.93. The van der Waals surface area contributed by atoms with Gasteiger partial charge in [0.2, 0.25) is 0 Å². The number of carbonyl (C=O) groups is 1. The van der Waals surface area contributed by atoms with E-state index in [4.69, 9.17) is 27.2 Å². The molecule has 22 heavy (non-hydrogen) atoms. The van der Waals surface area contributed by atoms with Gasteiger partial charge in [-0.15, -0.1) is 0 Å². The van der Waals surface area contributed by atoms with Crippen molar-refractivity contribution in [3.05, 3.63) is 47.0 Å². The summed E-state index contributed by atoms with van der Waals surface area (Å²) in [6.45, 7) is 7.41. The molecule has 0 spiro atoms. The van der Waals surface area contributed by atoms with E-state index < -0.39 is 5.97 Å². The Morgan fingerprint density at radius 2 is 2.27 bits per heavy atom. The van der Waals surface area contributed by atoms with Crippen molar-refractivity contribution in [1.29, 1.82) is 0 Å². The van der Waals surface area contributed by atoms with Gasteiger partial charge in [-0.2, -0.15) is 0 Å². The zero-order chi connectivity index (χ0) is 16.7. The zero-order valence-electron chi connectivity index (χ0n) is 12.5. The van der Waals surface area contributed by atoms with Crippen LogP contribution in [0.15, 0.2) is 41.4 Å². The number of carboxylic acid groups (broad SMARTS) is 1. The van der Waals surface area contributed by atoms with E-state index in [1.165, 1.54) is 6.08 Å². The van der Waals surface area contributed by atoms with Crippen molar-refractivity contribution in [2.75, 3.05) is 0 Å². The van der Waals surface area contributed by atoms with Crippen LogP contribution in [0.2, 0.25) is 5.02 Å². The molecule has 0 heterocycles. The summed E-state index contributed by atoms with van der Waals surface area (Å²) in [4.78, 5) is 14.8. The van der Waals surface area contributed by atoms with Gasteiger partial charge in [-0.05, 0) is 37.6 Å². The van der Waals surface area contributed by atoms with Gasteiger partial charge >= 0.3 is 5.97 Å². The molecule has 0 bridgehead atoms.